The molecule has 1 aliphatic heterocycles. The Morgan fingerprint density at radius 2 is 1.90 bits per heavy atom. The number of nitriles is 1. The van der Waals surface area contributed by atoms with Gasteiger partial charge in [-0.1, -0.05) is 37.4 Å². The zero-order chi connectivity index (χ0) is 13.8. The first kappa shape index (κ1) is 13.9. The number of thioether (sulfide) groups is 1. The molecule has 1 saturated carbocycles. The van der Waals surface area contributed by atoms with Gasteiger partial charge in [0.25, 0.3) is 0 Å². The number of rotatable bonds is 2. The number of aryl methyl sites for hydroxylation is 1. The Hall–Kier alpha value is -1.02. The minimum atomic E-state index is 0.182. The average Bonchev–Trinajstić information content (AvgIpc) is 2.66. The molecule has 3 rings (SSSR count). The van der Waals surface area contributed by atoms with E-state index in [0.717, 1.165) is 36.8 Å². The molecule has 1 aromatic rings. The van der Waals surface area contributed by atoms with Crippen LogP contribution in [0.2, 0.25) is 0 Å². The minimum Gasteiger partial charge on any atom is -0.306 e. The highest BCUT2D eigenvalue weighted by atomic mass is 32.2. The van der Waals surface area contributed by atoms with Gasteiger partial charge in [0.05, 0.1) is 12.0 Å². The van der Waals surface area contributed by atoms with Crippen molar-refractivity contribution in [1.29, 1.82) is 5.26 Å². The molecule has 5 heteroatoms. The van der Waals surface area contributed by atoms with E-state index in [1.54, 1.807) is 0 Å². The molecule has 1 fully saturated rings. The second kappa shape index (κ2) is 6.62. The molecule has 2 unspecified atom stereocenters. The smallest absolute Gasteiger partial charge is 0.191 e. The number of aromatic nitrogens is 3. The Bertz CT molecular complexity index is 491. The van der Waals surface area contributed by atoms with Gasteiger partial charge in [0, 0.05) is 18.2 Å². The third kappa shape index (κ3) is 3.01. The lowest BCUT2D eigenvalue weighted by molar-refractivity contribution is 0.570. The maximum absolute atomic E-state index is 9.39. The van der Waals surface area contributed by atoms with Crippen molar-refractivity contribution in [1.82, 2.24) is 14.8 Å². The SMILES string of the molecule is N#CC1CCCCCC1Sc1nnc2n1CCCCC2. The molecule has 108 valence electrons. The van der Waals surface area contributed by atoms with Crippen molar-refractivity contribution < 1.29 is 0 Å². The fourth-order valence-corrected chi connectivity index (χ4v) is 4.57. The number of fused-ring (bicyclic) bond motifs is 1. The first-order valence-electron chi connectivity index (χ1n) is 7.87. The topological polar surface area (TPSA) is 54.5 Å². The maximum Gasteiger partial charge on any atom is 0.191 e. The second-order valence-corrected chi connectivity index (χ2v) is 7.10. The molecule has 2 heterocycles. The van der Waals surface area contributed by atoms with Gasteiger partial charge < -0.3 is 4.57 Å². The molecular formula is C15H22N4S. The molecule has 4 nitrogen and oxygen atoms in total. The van der Waals surface area contributed by atoms with E-state index in [1.807, 2.05) is 11.8 Å². The quantitative estimate of drug-likeness (QED) is 0.781. The van der Waals surface area contributed by atoms with Gasteiger partial charge in [-0.3, -0.25) is 0 Å². The summed E-state index contributed by atoms with van der Waals surface area (Å²) < 4.78 is 2.30. The van der Waals surface area contributed by atoms with E-state index in [9.17, 15) is 5.26 Å². The predicted octanol–water partition coefficient (Wildman–Crippen LogP) is 3.57. The van der Waals surface area contributed by atoms with E-state index in [1.165, 1.54) is 38.5 Å². The van der Waals surface area contributed by atoms with Crippen molar-refractivity contribution in [2.45, 2.75) is 74.7 Å². The average molecular weight is 290 g/mol. The summed E-state index contributed by atoms with van der Waals surface area (Å²) in [5.74, 6) is 1.33. The van der Waals surface area contributed by atoms with Crippen LogP contribution in [-0.2, 0) is 13.0 Å². The molecule has 1 aliphatic carbocycles. The van der Waals surface area contributed by atoms with Crippen molar-refractivity contribution >= 4 is 11.8 Å². The highest BCUT2D eigenvalue weighted by Crippen LogP contribution is 2.36. The monoisotopic (exact) mass is 290 g/mol. The maximum atomic E-state index is 9.39. The van der Waals surface area contributed by atoms with Crippen molar-refractivity contribution in [2.75, 3.05) is 0 Å². The second-order valence-electron chi connectivity index (χ2n) is 5.89. The van der Waals surface area contributed by atoms with Gasteiger partial charge in [0.15, 0.2) is 5.16 Å². The van der Waals surface area contributed by atoms with Gasteiger partial charge in [-0.2, -0.15) is 5.26 Å². The number of hydrogen-bond donors (Lipinski definition) is 0. The van der Waals surface area contributed by atoms with E-state index in [2.05, 4.69) is 20.8 Å². The molecule has 20 heavy (non-hydrogen) atoms. The molecule has 0 bridgehead atoms. The Morgan fingerprint density at radius 1 is 1.05 bits per heavy atom. The van der Waals surface area contributed by atoms with Gasteiger partial charge in [0.1, 0.15) is 5.82 Å². The van der Waals surface area contributed by atoms with Crippen LogP contribution in [0, 0.1) is 17.2 Å². The lowest BCUT2D eigenvalue weighted by Gasteiger charge is -2.18. The molecule has 0 radical (unpaired) electrons. The van der Waals surface area contributed by atoms with Crippen LogP contribution in [0.1, 0.15) is 57.2 Å². The van der Waals surface area contributed by atoms with Crippen molar-refractivity contribution in [3.63, 3.8) is 0 Å². The van der Waals surface area contributed by atoms with Crippen LogP contribution >= 0.6 is 11.8 Å². The highest BCUT2D eigenvalue weighted by molar-refractivity contribution is 7.99. The molecule has 2 aliphatic rings. The minimum absolute atomic E-state index is 0.182. The summed E-state index contributed by atoms with van der Waals surface area (Å²) in [5, 5.41) is 19.6. The standard InChI is InChI=1S/C15H22N4S/c16-11-12-7-3-1-4-8-13(12)20-15-18-17-14-9-5-2-6-10-19(14)15/h12-13H,1-10H2. The Labute approximate surface area is 125 Å². The summed E-state index contributed by atoms with van der Waals surface area (Å²) in [6.07, 6.45) is 10.7. The Balaban J connectivity index is 1.76. The molecule has 0 spiro atoms. The van der Waals surface area contributed by atoms with Crippen molar-refractivity contribution in [2.24, 2.45) is 5.92 Å². The lowest BCUT2D eigenvalue weighted by Crippen LogP contribution is -2.15. The van der Waals surface area contributed by atoms with Crippen molar-refractivity contribution in [3.8, 4) is 6.07 Å². The summed E-state index contributed by atoms with van der Waals surface area (Å²) in [4.78, 5) is 0. The van der Waals surface area contributed by atoms with Crippen LogP contribution in [0.3, 0.4) is 0 Å². The number of hydrogen-bond acceptors (Lipinski definition) is 4. The van der Waals surface area contributed by atoms with E-state index in [0.29, 0.717) is 5.25 Å². The molecule has 2 atom stereocenters. The molecular weight excluding hydrogens is 268 g/mol. The molecule has 1 aromatic heterocycles. The first-order chi connectivity index (χ1) is 9.88. The zero-order valence-electron chi connectivity index (χ0n) is 11.9. The summed E-state index contributed by atoms with van der Waals surface area (Å²) >= 11 is 1.81. The number of nitrogens with zero attached hydrogens (tertiary/aromatic N) is 4. The summed E-state index contributed by atoms with van der Waals surface area (Å²) in [7, 11) is 0. The van der Waals surface area contributed by atoms with Gasteiger partial charge in [-0.05, 0) is 25.7 Å². The van der Waals surface area contributed by atoms with E-state index < -0.39 is 0 Å². The van der Waals surface area contributed by atoms with Gasteiger partial charge in [0.2, 0.25) is 0 Å². The first-order valence-corrected chi connectivity index (χ1v) is 8.75. The molecule has 0 N–H and O–H groups in total. The highest BCUT2D eigenvalue weighted by Gasteiger charge is 2.27. The lowest BCUT2D eigenvalue weighted by atomic mass is 10.0. The van der Waals surface area contributed by atoms with E-state index in [-0.39, 0.29) is 5.92 Å². The van der Waals surface area contributed by atoms with Gasteiger partial charge >= 0.3 is 0 Å². The summed E-state index contributed by atoms with van der Waals surface area (Å²) in [6, 6.07) is 2.52. The molecule has 0 aromatic carbocycles. The van der Waals surface area contributed by atoms with E-state index in [4.69, 9.17) is 0 Å². The van der Waals surface area contributed by atoms with E-state index >= 15 is 0 Å². The predicted molar refractivity (Wildman–Crippen MR) is 79.4 cm³/mol. The van der Waals surface area contributed by atoms with Crippen LogP contribution in [0.5, 0.6) is 0 Å². The Morgan fingerprint density at radius 3 is 2.80 bits per heavy atom. The summed E-state index contributed by atoms with van der Waals surface area (Å²) in [6.45, 7) is 1.05. The van der Waals surface area contributed by atoms with Crippen LogP contribution < -0.4 is 0 Å². The molecule has 0 amide bonds. The Kier molecular flexibility index (Phi) is 4.62. The van der Waals surface area contributed by atoms with Crippen molar-refractivity contribution in [3.05, 3.63) is 5.82 Å². The van der Waals surface area contributed by atoms with Crippen LogP contribution in [-0.4, -0.2) is 20.0 Å². The third-order valence-electron chi connectivity index (χ3n) is 4.45. The summed E-state index contributed by atoms with van der Waals surface area (Å²) in [5.41, 5.74) is 0. The largest absolute Gasteiger partial charge is 0.306 e. The van der Waals surface area contributed by atoms with Gasteiger partial charge in [-0.25, -0.2) is 0 Å². The molecule has 0 saturated heterocycles. The van der Waals surface area contributed by atoms with Crippen LogP contribution in [0.25, 0.3) is 0 Å². The van der Waals surface area contributed by atoms with Gasteiger partial charge in [-0.15, -0.1) is 10.2 Å². The van der Waals surface area contributed by atoms with Crippen LogP contribution in [0.15, 0.2) is 5.16 Å². The fourth-order valence-electron chi connectivity index (χ4n) is 3.24. The normalized spacial score (nSPS) is 27.1. The third-order valence-corrected chi connectivity index (χ3v) is 5.83. The fraction of sp³-hybridized carbons (Fsp3) is 0.800. The van der Waals surface area contributed by atoms with Crippen LogP contribution in [0.4, 0.5) is 0 Å². The zero-order valence-corrected chi connectivity index (χ0v) is 12.7.